The first-order chi connectivity index (χ1) is 21.6. The number of amides is 2. The minimum atomic E-state index is -4.43. The molecule has 0 aliphatic rings. The Morgan fingerprint density at radius 1 is 0.913 bits per heavy atom. The molecule has 0 bridgehead atoms. The zero-order chi connectivity index (χ0) is 33.6. The summed E-state index contributed by atoms with van der Waals surface area (Å²) in [5, 5.41) is 5.67. The van der Waals surface area contributed by atoms with E-state index in [9.17, 15) is 31.9 Å². The number of halogens is 4. The maximum atomic E-state index is 13.5. The van der Waals surface area contributed by atoms with E-state index in [1.54, 1.807) is 48.7 Å². The van der Waals surface area contributed by atoms with Crippen LogP contribution in [0.2, 0.25) is 0 Å². The standard InChI is InChI=1S/C29H27F4N3O3.C5H5NO/c1-28(2,3)36-25(37)18-7-5-6-17(14-18)20-15-21-23(26(38)34-4)24(16-8-10-19(30)11-9-16)39-27(21)35-22(20)12-13-29(31,32)33;7-5-3-1-2-4-6-5/h5-11,14-15H,12-13H2,1-4H3,(H,34,38)(H,36,37);1-4H,(H,6,7). The van der Waals surface area contributed by atoms with Crippen molar-refractivity contribution in [3.8, 4) is 22.5 Å². The molecule has 0 aliphatic heterocycles. The molecule has 0 saturated heterocycles. The number of alkyl halides is 3. The summed E-state index contributed by atoms with van der Waals surface area (Å²) in [6.07, 6.45) is -4.41. The van der Waals surface area contributed by atoms with Crippen molar-refractivity contribution in [1.29, 1.82) is 0 Å². The number of rotatable bonds is 6. The molecular formula is C34H32F4N4O4. The molecule has 0 fully saturated rings. The highest BCUT2D eigenvalue weighted by Crippen LogP contribution is 2.37. The van der Waals surface area contributed by atoms with Gasteiger partial charge in [0, 0.05) is 48.0 Å². The van der Waals surface area contributed by atoms with Gasteiger partial charge in [0.2, 0.25) is 11.3 Å². The van der Waals surface area contributed by atoms with E-state index in [1.165, 1.54) is 37.4 Å². The Labute approximate surface area is 261 Å². The largest absolute Gasteiger partial charge is 0.437 e. The average molecular weight is 637 g/mol. The van der Waals surface area contributed by atoms with Crippen LogP contribution in [0.4, 0.5) is 17.6 Å². The van der Waals surface area contributed by atoms with Crippen molar-refractivity contribution in [2.24, 2.45) is 0 Å². The van der Waals surface area contributed by atoms with Gasteiger partial charge >= 0.3 is 6.18 Å². The molecule has 3 heterocycles. The van der Waals surface area contributed by atoms with Crippen molar-refractivity contribution >= 4 is 22.9 Å². The van der Waals surface area contributed by atoms with Crippen LogP contribution < -0.4 is 16.2 Å². The normalized spacial score (nSPS) is 11.5. The molecule has 2 aromatic carbocycles. The van der Waals surface area contributed by atoms with E-state index in [1.807, 2.05) is 20.8 Å². The van der Waals surface area contributed by atoms with E-state index in [0.717, 1.165) is 0 Å². The number of nitrogens with one attached hydrogen (secondary N) is 3. The van der Waals surface area contributed by atoms with Crippen LogP contribution in [0.25, 0.3) is 33.6 Å². The van der Waals surface area contributed by atoms with E-state index >= 15 is 0 Å². The van der Waals surface area contributed by atoms with Gasteiger partial charge in [-0.15, -0.1) is 0 Å². The topological polar surface area (TPSA) is 117 Å². The summed E-state index contributed by atoms with van der Waals surface area (Å²) in [7, 11) is 1.43. The number of hydrogen-bond donors (Lipinski definition) is 3. The fraction of sp³-hybridized carbons (Fsp3) is 0.235. The number of fused-ring (bicyclic) bond motifs is 1. The van der Waals surface area contributed by atoms with Gasteiger partial charge in [-0.2, -0.15) is 13.2 Å². The van der Waals surface area contributed by atoms with Crippen LogP contribution in [0.3, 0.4) is 0 Å². The summed E-state index contributed by atoms with van der Waals surface area (Å²) in [6, 6.07) is 18.2. The zero-order valence-corrected chi connectivity index (χ0v) is 25.5. The van der Waals surface area contributed by atoms with Crippen molar-refractivity contribution in [3.05, 3.63) is 112 Å². The van der Waals surface area contributed by atoms with Gasteiger partial charge in [-0.3, -0.25) is 14.4 Å². The number of aryl methyl sites for hydroxylation is 1. The van der Waals surface area contributed by atoms with E-state index in [0.29, 0.717) is 22.3 Å². The third kappa shape index (κ3) is 8.68. The summed E-state index contributed by atoms with van der Waals surface area (Å²) in [5.74, 6) is -1.24. The summed E-state index contributed by atoms with van der Waals surface area (Å²) in [5.41, 5.74) is 1.11. The van der Waals surface area contributed by atoms with Gasteiger partial charge in [-0.05, 0) is 81.3 Å². The second kappa shape index (κ2) is 13.8. The lowest BCUT2D eigenvalue weighted by Gasteiger charge is -2.20. The van der Waals surface area contributed by atoms with Crippen molar-refractivity contribution in [2.45, 2.75) is 45.3 Å². The summed E-state index contributed by atoms with van der Waals surface area (Å²) in [4.78, 5) is 42.8. The first-order valence-electron chi connectivity index (χ1n) is 14.2. The molecule has 12 heteroatoms. The number of carbonyl (C=O) groups is 2. The van der Waals surface area contributed by atoms with Gasteiger partial charge in [-0.25, -0.2) is 9.37 Å². The number of aromatic nitrogens is 2. The smallest absolute Gasteiger partial charge is 0.389 e. The molecular weight excluding hydrogens is 604 g/mol. The van der Waals surface area contributed by atoms with E-state index in [4.69, 9.17) is 4.42 Å². The third-order valence-corrected chi connectivity index (χ3v) is 6.57. The molecule has 0 radical (unpaired) electrons. The molecule has 0 saturated carbocycles. The van der Waals surface area contributed by atoms with Crippen molar-refractivity contribution in [3.63, 3.8) is 0 Å². The highest BCUT2D eigenvalue weighted by molar-refractivity contribution is 6.11. The fourth-order valence-corrected chi connectivity index (χ4v) is 4.53. The summed E-state index contributed by atoms with van der Waals surface area (Å²) in [6.45, 7) is 5.50. The molecule has 2 amide bonds. The summed E-state index contributed by atoms with van der Waals surface area (Å²) < 4.78 is 59.0. The Morgan fingerprint density at radius 3 is 2.20 bits per heavy atom. The first-order valence-corrected chi connectivity index (χ1v) is 14.2. The van der Waals surface area contributed by atoms with Crippen molar-refractivity contribution < 1.29 is 31.6 Å². The van der Waals surface area contributed by atoms with Crippen LogP contribution in [0.1, 0.15) is 53.6 Å². The number of benzene rings is 2. The Hall–Kier alpha value is -5.26. The van der Waals surface area contributed by atoms with Gasteiger partial charge in [0.15, 0.2) is 0 Å². The monoisotopic (exact) mass is 636 g/mol. The molecule has 3 N–H and O–H groups in total. The van der Waals surface area contributed by atoms with Crippen molar-refractivity contribution in [2.75, 3.05) is 7.05 Å². The molecule has 46 heavy (non-hydrogen) atoms. The van der Waals surface area contributed by atoms with Crippen LogP contribution in [0, 0.1) is 5.82 Å². The van der Waals surface area contributed by atoms with Crippen LogP contribution in [-0.4, -0.2) is 40.5 Å². The number of nitrogens with zero attached hydrogens (tertiary/aromatic N) is 1. The number of carbonyl (C=O) groups excluding carboxylic acids is 2. The van der Waals surface area contributed by atoms with Gasteiger partial charge in [0.1, 0.15) is 11.6 Å². The maximum Gasteiger partial charge on any atom is 0.389 e. The highest BCUT2D eigenvalue weighted by atomic mass is 19.4. The maximum absolute atomic E-state index is 13.5. The molecule has 0 atom stereocenters. The second-order valence-corrected chi connectivity index (χ2v) is 11.4. The van der Waals surface area contributed by atoms with Crippen molar-refractivity contribution in [1.82, 2.24) is 20.6 Å². The third-order valence-electron chi connectivity index (χ3n) is 6.57. The minimum Gasteiger partial charge on any atom is -0.437 e. The van der Waals surface area contributed by atoms with E-state index in [-0.39, 0.29) is 39.6 Å². The lowest BCUT2D eigenvalue weighted by Crippen LogP contribution is -2.40. The molecule has 0 spiro atoms. The molecule has 5 aromatic rings. The number of furan rings is 1. The average Bonchev–Trinajstić information content (AvgIpc) is 3.37. The quantitative estimate of drug-likeness (QED) is 0.173. The molecule has 240 valence electrons. The Morgan fingerprint density at radius 2 is 1.63 bits per heavy atom. The van der Waals surface area contributed by atoms with Crippen LogP contribution in [0.5, 0.6) is 0 Å². The SMILES string of the molecule is CNC(=O)c1c(-c2ccc(F)cc2)oc2nc(CCC(F)(F)F)c(-c3cccc(C(=O)NC(C)(C)C)c3)cc12.O=c1cccc[nH]1. The fourth-order valence-electron chi connectivity index (χ4n) is 4.53. The minimum absolute atomic E-state index is 0.0320. The van der Waals surface area contributed by atoms with Gasteiger partial charge < -0.3 is 20.0 Å². The van der Waals surface area contributed by atoms with Crippen LogP contribution in [-0.2, 0) is 6.42 Å². The number of pyridine rings is 2. The first kappa shape index (κ1) is 33.6. The Balaban J connectivity index is 0.000000606. The lowest BCUT2D eigenvalue weighted by molar-refractivity contribution is -0.134. The number of aromatic amines is 1. The Kier molecular flexibility index (Phi) is 10.1. The zero-order valence-electron chi connectivity index (χ0n) is 25.5. The lowest BCUT2D eigenvalue weighted by atomic mass is 9.96. The van der Waals surface area contributed by atoms with Crippen LogP contribution >= 0.6 is 0 Å². The molecule has 8 nitrogen and oxygen atoms in total. The highest BCUT2D eigenvalue weighted by Gasteiger charge is 2.29. The molecule has 3 aromatic heterocycles. The van der Waals surface area contributed by atoms with Gasteiger partial charge in [-0.1, -0.05) is 18.2 Å². The second-order valence-electron chi connectivity index (χ2n) is 11.4. The number of H-pyrrole nitrogens is 1. The summed E-state index contributed by atoms with van der Waals surface area (Å²) >= 11 is 0. The predicted octanol–water partition coefficient (Wildman–Crippen LogP) is 7.06. The van der Waals surface area contributed by atoms with Gasteiger partial charge in [0.25, 0.3) is 11.8 Å². The van der Waals surface area contributed by atoms with Crippen LogP contribution in [0.15, 0.2) is 88.2 Å². The van der Waals surface area contributed by atoms with E-state index < -0.39 is 36.3 Å². The molecule has 5 rings (SSSR count). The Bertz CT molecular complexity index is 1890. The predicted molar refractivity (Wildman–Crippen MR) is 167 cm³/mol. The molecule has 0 aliphatic carbocycles. The van der Waals surface area contributed by atoms with E-state index in [2.05, 4.69) is 20.6 Å². The number of hydrogen-bond acceptors (Lipinski definition) is 5. The van der Waals surface area contributed by atoms with Gasteiger partial charge in [0.05, 0.1) is 16.6 Å². The molecule has 0 unspecified atom stereocenters.